The van der Waals surface area contributed by atoms with Gasteiger partial charge in [0.25, 0.3) is 0 Å². The summed E-state index contributed by atoms with van der Waals surface area (Å²) in [4.78, 5) is 20.8. The fraction of sp³-hybridized carbons (Fsp3) is 0.417. The largest absolute Gasteiger partial charge is 0.438 e. The maximum absolute atomic E-state index is 10.1. The van der Waals surface area contributed by atoms with Crippen LogP contribution in [0.4, 0.5) is 5.82 Å². The Kier molecular flexibility index (Phi) is 9.29. The van der Waals surface area contributed by atoms with Crippen LogP contribution in [0.15, 0.2) is 46.1 Å². The Morgan fingerprint density at radius 2 is 2.00 bits per heavy atom. The van der Waals surface area contributed by atoms with Crippen molar-refractivity contribution in [3.05, 3.63) is 47.1 Å². The monoisotopic (exact) mass is 484 g/mol. The molecule has 3 N–H and O–H groups in total. The van der Waals surface area contributed by atoms with E-state index in [0.717, 1.165) is 31.5 Å². The number of aliphatic imine (C=N–C) groups is 1. The van der Waals surface area contributed by atoms with Gasteiger partial charge in [-0.2, -0.15) is 0 Å². The first-order chi connectivity index (χ1) is 16.5. The van der Waals surface area contributed by atoms with Crippen LogP contribution in [-0.4, -0.2) is 47.3 Å². The first-order valence-corrected chi connectivity index (χ1v) is 11.7. The molecule has 0 amide bonds. The quantitative estimate of drug-likeness (QED) is 0.214. The molecule has 0 saturated carbocycles. The Bertz CT molecular complexity index is 1020. The third kappa shape index (κ3) is 6.48. The Balaban J connectivity index is 1.73. The van der Waals surface area contributed by atoms with Crippen molar-refractivity contribution in [2.24, 2.45) is 27.7 Å². The van der Waals surface area contributed by atoms with Crippen molar-refractivity contribution in [1.82, 2.24) is 9.97 Å². The Labute approximate surface area is 205 Å². The van der Waals surface area contributed by atoms with Gasteiger partial charge in [0.2, 0.25) is 11.8 Å². The van der Waals surface area contributed by atoms with E-state index in [1.165, 1.54) is 6.33 Å². The van der Waals surface area contributed by atoms with Crippen molar-refractivity contribution in [3.63, 3.8) is 0 Å². The van der Waals surface area contributed by atoms with Crippen LogP contribution in [-0.2, 0) is 11.4 Å². The van der Waals surface area contributed by atoms with E-state index in [4.69, 9.17) is 15.3 Å². The number of piperidine rings is 1. The molecule has 2 aromatic rings. The molecule has 1 fully saturated rings. The normalized spacial score (nSPS) is 15.5. The van der Waals surface area contributed by atoms with Crippen molar-refractivity contribution in [2.75, 3.05) is 24.5 Å². The van der Waals surface area contributed by atoms with Crippen LogP contribution in [0.25, 0.3) is 5.70 Å². The van der Waals surface area contributed by atoms with Crippen molar-refractivity contribution in [1.29, 1.82) is 0 Å². The number of hydrogen-bond donors (Lipinski definition) is 3. The summed E-state index contributed by atoms with van der Waals surface area (Å²) >= 11 is 4.08. The molecular weight excluding hydrogens is 452 g/mol. The van der Waals surface area contributed by atoms with Crippen LogP contribution in [0.2, 0.25) is 0 Å². The summed E-state index contributed by atoms with van der Waals surface area (Å²) < 4.78 is 5.97. The summed E-state index contributed by atoms with van der Waals surface area (Å²) in [5, 5.41) is 15.2. The van der Waals surface area contributed by atoms with E-state index >= 15 is 0 Å². The molecule has 1 saturated heterocycles. The molecule has 0 atom stereocenters. The highest BCUT2D eigenvalue weighted by Gasteiger charge is 2.28. The lowest BCUT2D eigenvalue weighted by Gasteiger charge is -2.33. The number of aromatic nitrogens is 2. The van der Waals surface area contributed by atoms with Gasteiger partial charge in [-0.15, -0.1) is 12.6 Å². The predicted molar refractivity (Wildman–Crippen MR) is 138 cm³/mol. The molecule has 1 aliphatic heterocycles. The third-order valence-electron chi connectivity index (χ3n) is 5.50. The minimum absolute atomic E-state index is 0.160. The molecule has 34 heavy (non-hydrogen) atoms. The van der Waals surface area contributed by atoms with Gasteiger partial charge in [0, 0.05) is 38.0 Å². The summed E-state index contributed by atoms with van der Waals surface area (Å²) in [6.45, 7) is 9.54. The summed E-state index contributed by atoms with van der Waals surface area (Å²) in [6, 6.07) is 7.25. The maximum atomic E-state index is 10.1. The minimum Gasteiger partial charge on any atom is -0.438 e. The van der Waals surface area contributed by atoms with Crippen LogP contribution in [0.5, 0.6) is 11.6 Å². The van der Waals surface area contributed by atoms with E-state index in [0.29, 0.717) is 47.1 Å². The number of ether oxygens (including phenoxy) is 1. The van der Waals surface area contributed by atoms with Gasteiger partial charge in [0.05, 0.1) is 12.2 Å². The van der Waals surface area contributed by atoms with Crippen LogP contribution >= 0.6 is 12.6 Å². The van der Waals surface area contributed by atoms with Crippen LogP contribution in [0, 0.1) is 11.8 Å². The maximum Gasteiger partial charge on any atom is 0.229 e. The molecule has 0 bridgehead atoms. The standard InChI is InChI=1S/C24H32N6O3S/c1-16(2)12-27-23(33-26-3)18-8-10-30(11-9-18)22-20(13-31)24(29-15-28-22)32-19-6-4-17(5-7-19)21(25)14-34/h4-7,14-16,18,31,34H,3,8-13,25H2,1-2H3/b21-14-,27-23?. The van der Waals surface area contributed by atoms with E-state index < -0.39 is 0 Å². The lowest BCUT2D eigenvalue weighted by molar-refractivity contribution is 0.273. The number of thiol groups is 1. The second-order valence-corrected chi connectivity index (χ2v) is 8.66. The van der Waals surface area contributed by atoms with Crippen LogP contribution in [0.1, 0.15) is 37.8 Å². The Morgan fingerprint density at radius 1 is 1.29 bits per heavy atom. The molecule has 0 radical (unpaired) electrons. The SMILES string of the molecule is C=NOC(=NCC(C)C)C1CCN(c2ncnc(Oc3ccc(/C(N)=C/S)cc3)c2CO)CC1. The molecule has 1 aliphatic rings. The summed E-state index contributed by atoms with van der Waals surface area (Å²) in [7, 11) is 0. The molecule has 10 heteroatoms. The molecule has 3 rings (SSSR count). The summed E-state index contributed by atoms with van der Waals surface area (Å²) in [6.07, 6.45) is 3.09. The first kappa shape index (κ1) is 25.5. The van der Waals surface area contributed by atoms with E-state index in [2.05, 4.69) is 58.2 Å². The number of rotatable bonds is 9. The zero-order valence-corrected chi connectivity index (χ0v) is 20.5. The number of nitrogens with two attached hydrogens (primary N) is 1. The highest BCUT2D eigenvalue weighted by atomic mass is 32.1. The van der Waals surface area contributed by atoms with Gasteiger partial charge < -0.3 is 25.3 Å². The topological polar surface area (TPSA) is 118 Å². The van der Waals surface area contributed by atoms with Gasteiger partial charge in [-0.05, 0) is 54.0 Å². The number of benzene rings is 1. The number of hydrogen-bond acceptors (Lipinski definition) is 10. The van der Waals surface area contributed by atoms with Gasteiger partial charge >= 0.3 is 0 Å². The van der Waals surface area contributed by atoms with E-state index in [9.17, 15) is 5.11 Å². The van der Waals surface area contributed by atoms with Gasteiger partial charge in [-0.1, -0.05) is 19.0 Å². The number of anilines is 1. The van der Waals surface area contributed by atoms with E-state index in [-0.39, 0.29) is 12.5 Å². The summed E-state index contributed by atoms with van der Waals surface area (Å²) in [5.41, 5.74) is 7.82. The number of aliphatic hydroxyl groups excluding tert-OH is 1. The molecule has 0 spiro atoms. The van der Waals surface area contributed by atoms with Crippen molar-refractivity contribution >= 4 is 36.8 Å². The first-order valence-electron chi connectivity index (χ1n) is 11.2. The van der Waals surface area contributed by atoms with Gasteiger partial charge in [-0.25, -0.2) is 9.97 Å². The summed E-state index contributed by atoms with van der Waals surface area (Å²) in [5.74, 6) is 2.78. The van der Waals surface area contributed by atoms with Crippen molar-refractivity contribution in [2.45, 2.75) is 33.3 Å². The molecule has 0 aliphatic carbocycles. The highest BCUT2D eigenvalue weighted by Crippen LogP contribution is 2.32. The molecule has 1 aromatic heterocycles. The number of oxime groups is 1. The fourth-order valence-electron chi connectivity index (χ4n) is 3.70. The average molecular weight is 485 g/mol. The lowest BCUT2D eigenvalue weighted by atomic mass is 9.96. The van der Waals surface area contributed by atoms with E-state index in [1.54, 1.807) is 17.5 Å². The van der Waals surface area contributed by atoms with Gasteiger partial charge in [0.1, 0.15) is 17.9 Å². The van der Waals surface area contributed by atoms with Crippen molar-refractivity contribution in [3.8, 4) is 11.6 Å². The average Bonchev–Trinajstić information content (AvgIpc) is 2.86. The molecule has 182 valence electrons. The zero-order valence-electron chi connectivity index (χ0n) is 19.6. The molecular formula is C24H32N6O3S. The third-order valence-corrected chi connectivity index (χ3v) is 5.77. The zero-order chi connectivity index (χ0) is 24.5. The second-order valence-electron chi connectivity index (χ2n) is 8.40. The molecule has 2 heterocycles. The minimum atomic E-state index is -0.247. The van der Waals surface area contributed by atoms with Gasteiger partial charge in [-0.3, -0.25) is 4.99 Å². The highest BCUT2D eigenvalue weighted by molar-refractivity contribution is 7.83. The fourth-order valence-corrected chi connectivity index (χ4v) is 3.85. The number of aliphatic hydroxyl groups is 1. The van der Waals surface area contributed by atoms with Crippen molar-refractivity contribution < 1.29 is 14.7 Å². The smallest absolute Gasteiger partial charge is 0.229 e. The molecule has 0 unspecified atom stereocenters. The van der Waals surface area contributed by atoms with Crippen LogP contribution in [0.3, 0.4) is 0 Å². The lowest BCUT2D eigenvalue weighted by Crippen LogP contribution is -2.38. The second kappa shape index (κ2) is 12.4. The molecule has 1 aromatic carbocycles. The predicted octanol–water partition coefficient (Wildman–Crippen LogP) is 3.85. The number of nitrogens with zero attached hydrogens (tertiary/aromatic N) is 5. The Morgan fingerprint density at radius 3 is 2.59 bits per heavy atom. The van der Waals surface area contributed by atoms with Crippen LogP contribution < -0.4 is 15.4 Å². The Hall–Kier alpha value is -3.11. The molecule has 9 nitrogen and oxygen atoms in total. The van der Waals surface area contributed by atoms with E-state index in [1.807, 2.05) is 12.1 Å². The van der Waals surface area contributed by atoms with Gasteiger partial charge in [0.15, 0.2) is 0 Å².